The van der Waals surface area contributed by atoms with Gasteiger partial charge in [-0.05, 0) is 53.6 Å². The first-order valence-corrected chi connectivity index (χ1v) is 5.18. The smallest absolute Gasteiger partial charge is 0.146 e. The predicted octanol–water partition coefficient (Wildman–Crippen LogP) is 1.75. The molecule has 70 valence electrons. The van der Waals surface area contributed by atoms with Crippen molar-refractivity contribution in [1.29, 1.82) is 0 Å². The van der Waals surface area contributed by atoms with Crippen LogP contribution in [-0.4, -0.2) is 11.8 Å². The van der Waals surface area contributed by atoms with E-state index < -0.39 is 0 Å². The van der Waals surface area contributed by atoms with Crippen LogP contribution in [0.4, 0.5) is 0 Å². The fraction of sp³-hybridized carbons (Fsp3) is 0.300. The van der Waals surface area contributed by atoms with E-state index >= 15 is 0 Å². The summed E-state index contributed by atoms with van der Waals surface area (Å²) < 4.78 is 1.19. The Balaban J connectivity index is 2.64. The lowest BCUT2D eigenvalue weighted by atomic mass is 10.0. The van der Waals surface area contributed by atoms with Crippen molar-refractivity contribution in [2.45, 2.75) is 19.4 Å². The molecule has 1 aromatic rings. The minimum absolute atomic E-state index is 0.0403. The van der Waals surface area contributed by atoms with E-state index in [1.165, 1.54) is 10.5 Å². The van der Waals surface area contributed by atoms with E-state index in [0.29, 0.717) is 6.42 Å². The molecule has 0 aliphatic carbocycles. The average Bonchev–Trinajstić information content (AvgIpc) is 2.08. The van der Waals surface area contributed by atoms with Crippen LogP contribution in [0, 0.1) is 3.57 Å². The Kier molecular flexibility index (Phi) is 3.87. The Morgan fingerprint density at radius 3 is 2.46 bits per heavy atom. The molecule has 0 spiro atoms. The zero-order chi connectivity index (χ0) is 9.84. The average molecular weight is 289 g/mol. The van der Waals surface area contributed by atoms with Gasteiger partial charge in [-0.25, -0.2) is 0 Å². The van der Waals surface area contributed by atoms with E-state index in [2.05, 4.69) is 22.6 Å². The normalized spacial score (nSPS) is 12.5. The molecule has 0 saturated carbocycles. The second kappa shape index (κ2) is 4.72. The van der Waals surface area contributed by atoms with Gasteiger partial charge in [-0.1, -0.05) is 12.1 Å². The number of Topliss-reactive ketones (excluding diaryl/α,β-unsaturated/α-hetero) is 1. The summed E-state index contributed by atoms with van der Waals surface area (Å²) in [4.78, 5) is 10.9. The number of halogens is 1. The summed E-state index contributed by atoms with van der Waals surface area (Å²) in [5, 5.41) is 0. The van der Waals surface area contributed by atoms with Crippen LogP contribution < -0.4 is 5.73 Å². The van der Waals surface area contributed by atoms with Crippen LogP contribution in [0.5, 0.6) is 0 Å². The number of hydrogen-bond donors (Lipinski definition) is 1. The van der Waals surface area contributed by atoms with Gasteiger partial charge in [0.25, 0.3) is 0 Å². The third-order valence-corrected chi connectivity index (χ3v) is 2.61. The monoisotopic (exact) mass is 289 g/mol. The first-order valence-electron chi connectivity index (χ1n) is 4.10. The van der Waals surface area contributed by atoms with Crippen molar-refractivity contribution in [3.05, 3.63) is 33.4 Å². The highest BCUT2D eigenvalue weighted by Crippen LogP contribution is 2.08. The van der Waals surface area contributed by atoms with E-state index in [1.807, 2.05) is 24.3 Å². The van der Waals surface area contributed by atoms with Crippen molar-refractivity contribution in [2.75, 3.05) is 0 Å². The largest absolute Gasteiger partial charge is 0.321 e. The molecule has 0 radical (unpaired) electrons. The third kappa shape index (κ3) is 3.44. The molecule has 0 aliphatic heterocycles. The number of ketones is 1. The summed E-state index contributed by atoms with van der Waals surface area (Å²) >= 11 is 2.25. The number of carbonyl (C=O) groups is 1. The van der Waals surface area contributed by atoms with Gasteiger partial charge in [-0.3, -0.25) is 4.79 Å². The van der Waals surface area contributed by atoms with Crippen LogP contribution in [0.15, 0.2) is 24.3 Å². The molecule has 2 nitrogen and oxygen atoms in total. The van der Waals surface area contributed by atoms with Crippen LogP contribution in [-0.2, 0) is 11.2 Å². The van der Waals surface area contributed by atoms with E-state index in [1.54, 1.807) is 0 Å². The van der Waals surface area contributed by atoms with Crippen LogP contribution >= 0.6 is 22.6 Å². The van der Waals surface area contributed by atoms with Crippen LogP contribution in [0.3, 0.4) is 0 Å². The van der Waals surface area contributed by atoms with Gasteiger partial charge in [0, 0.05) is 3.57 Å². The molecular weight excluding hydrogens is 277 g/mol. The number of hydrogen-bond acceptors (Lipinski definition) is 2. The molecule has 0 unspecified atom stereocenters. The third-order valence-electron chi connectivity index (χ3n) is 1.89. The van der Waals surface area contributed by atoms with Crippen molar-refractivity contribution in [3.8, 4) is 0 Å². The van der Waals surface area contributed by atoms with Crippen molar-refractivity contribution in [2.24, 2.45) is 5.73 Å². The quantitative estimate of drug-likeness (QED) is 0.861. The summed E-state index contributed by atoms with van der Waals surface area (Å²) in [7, 11) is 0. The number of carbonyl (C=O) groups excluding carboxylic acids is 1. The van der Waals surface area contributed by atoms with Crippen molar-refractivity contribution in [3.63, 3.8) is 0 Å². The van der Waals surface area contributed by atoms with Crippen molar-refractivity contribution >= 4 is 28.4 Å². The highest BCUT2D eigenvalue weighted by molar-refractivity contribution is 14.1. The van der Waals surface area contributed by atoms with Gasteiger partial charge in [0.15, 0.2) is 0 Å². The number of benzene rings is 1. The van der Waals surface area contributed by atoms with Gasteiger partial charge in [-0.2, -0.15) is 0 Å². The molecule has 2 N–H and O–H groups in total. The molecule has 0 amide bonds. The first-order chi connectivity index (χ1) is 6.09. The molecule has 0 fully saturated rings. The maximum absolute atomic E-state index is 10.9. The minimum atomic E-state index is -0.361. The molecule has 0 heterocycles. The summed E-state index contributed by atoms with van der Waals surface area (Å²) in [6, 6.07) is 7.68. The molecule has 0 saturated heterocycles. The molecule has 1 atom stereocenters. The molecule has 3 heteroatoms. The Morgan fingerprint density at radius 1 is 1.46 bits per heavy atom. The van der Waals surface area contributed by atoms with Gasteiger partial charge in [0.05, 0.1) is 6.04 Å². The van der Waals surface area contributed by atoms with E-state index in [0.717, 1.165) is 5.56 Å². The number of nitrogens with two attached hydrogens (primary N) is 1. The lowest BCUT2D eigenvalue weighted by Crippen LogP contribution is -2.30. The molecule has 0 aromatic heterocycles. The molecule has 0 aliphatic rings. The summed E-state index contributed by atoms with van der Waals surface area (Å²) in [6.45, 7) is 1.53. The van der Waals surface area contributed by atoms with E-state index in [-0.39, 0.29) is 11.8 Å². The van der Waals surface area contributed by atoms with Gasteiger partial charge < -0.3 is 5.73 Å². The highest BCUT2D eigenvalue weighted by Gasteiger charge is 2.08. The first kappa shape index (κ1) is 10.7. The van der Waals surface area contributed by atoms with Crippen LogP contribution in [0.25, 0.3) is 0 Å². The Morgan fingerprint density at radius 2 is 2.00 bits per heavy atom. The Bertz CT molecular complexity index is 294. The molecule has 1 aromatic carbocycles. The molecule has 0 bridgehead atoms. The fourth-order valence-corrected chi connectivity index (χ4v) is 1.38. The number of rotatable bonds is 3. The van der Waals surface area contributed by atoms with Crippen molar-refractivity contribution < 1.29 is 4.79 Å². The van der Waals surface area contributed by atoms with Crippen LogP contribution in [0.2, 0.25) is 0 Å². The van der Waals surface area contributed by atoms with Gasteiger partial charge >= 0.3 is 0 Å². The zero-order valence-electron chi connectivity index (χ0n) is 7.46. The highest BCUT2D eigenvalue weighted by atomic mass is 127. The standard InChI is InChI=1S/C10H12INO/c1-7(13)10(12)6-8-2-4-9(11)5-3-8/h2-5,10H,6,12H2,1H3/t10-/m0/s1. The summed E-state index contributed by atoms with van der Waals surface area (Å²) in [5.41, 5.74) is 6.75. The second-order valence-corrected chi connectivity index (χ2v) is 4.29. The van der Waals surface area contributed by atoms with Gasteiger partial charge in [0.2, 0.25) is 0 Å². The topological polar surface area (TPSA) is 43.1 Å². The minimum Gasteiger partial charge on any atom is -0.321 e. The molecule has 1 rings (SSSR count). The maximum Gasteiger partial charge on any atom is 0.146 e. The lowest BCUT2D eigenvalue weighted by Gasteiger charge is -2.07. The lowest BCUT2D eigenvalue weighted by molar-refractivity contribution is -0.118. The fourth-order valence-electron chi connectivity index (χ4n) is 1.02. The maximum atomic E-state index is 10.9. The molecular formula is C10H12INO. The van der Waals surface area contributed by atoms with Gasteiger partial charge in [-0.15, -0.1) is 0 Å². The zero-order valence-corrected chi connectivity index (χ0v) is 9.61. The second-order valence-electron chi connectivity index (χ2n) is 3.05. The Hall–Kier alpha value is -0.420. The van der Waals surface area contributed by atoms with E-state index in [9.17, 15) is 4.79 Å². The SMILES string of the molecule is CC(=O)[C@@H](N)Cc1ccc(I)cc1. The van der Waals surface area contributed by atoms with Crippen molar-refractivity contribution in [1.82, 2.24) is 0 Å². The summed E-state index contributed by atoms with van der Waals surface area (Å²) in [5.74, 6) is 0.0403. The van der Waals surface area contributed by atoms with E-state index in [4.69, 9.17) is 5.73 Å². The van der Waals surface area contributed by atoms with Crippen LogP contribution in [0.1, 0.15) is 12.5 Å². The molecule has 13 heavy (non-hydrogen) atoms. The predicted molar refractivity (Wildman–Crippen MR) is 61.5 cm³/mol. The Labute approximate surface area is 91.7 Å². The summed E-state index contributed by atoms with van der Waals surface area (Å²) in [6.07, 6.45) is 0.631. The van der Waals surface area contributed by atoms with Gasteiger partial charge in [0.1, 0.15) is 5.78 Å².